The van der Waals surface area contributed by atoms with E-state index in [2.05, 4.69) is 15.0 Å². The Morgan fingerprint density at radius 2 is 2.21 bits per heavy atom. The molecule has 0 saturated heterocycles. The minimum absolute atomic E-state index is 0.164. The number of aromatic nitrogens is 2. The highest BCUT2D eigenvalue weighted by atomic mass is 15.1. The number of hydrogen-bond donors (Lipinski definition) is 2. The predicted molar refractivity (Wildman–Crippen MR) is 75.1 cm³/mol. The fourth-order valence-electron chi connectivity index (χ4n) is 2.23. The van der Waals surface area contributed by atoms with Gasteiger partial charge in [0.15, 0.2) is 0 Å². The van der Waals surface area contributed by atoms with Crippen molar-refractivity contribution >= 4 is 17.4 Å². The van der Waals surface area contributed by atoms with E-state index in [9.17, 15) is 0 Å². The summed E-state index contributed by atoms with van der Waals surface area (Å²) in [6.07, 6.45) is 5.78. The van der Waals surface area contributed by atoms with Crippen LogP contribution >= 0.6 is 0 Å². The smallest absolute Gasteiger partial charge is 0.217 e. The number of rotatable bonds is 3. The molecule has 98 valence electrons. The van der Waals surface area contributed by atoms with E-state index in [1.54, 1.807) is 0 Å². The van der Waals surface area contributed by atoms with Gasteiger partial charge in [-0.15, -0.1) is 0 Å². The van der Waals surface area contributed by atoms with Gasteiger partial charge in [-0.25, -0.2) is 9.98 Å². The van der Waals surface area contributed by atoms with Crippen LogP contribution in [0.1, 0.15) is 12.1 Å². The molecule has 0 aromatic carbocycles. The molecule has 2 aromatic rings. The summed E-state index contributed by atoms with van der Waals surface area (Å²) in [5.41, 5.74) is 13.4. The van der Waals surface area contributed by atoms with Crippen LogP contribution in [0.5, 0.6) is 0 Å². The molecule has 1 atom stereocenters. The summed E-state index contributed by atoms with van der Waals surface area (Å²) in [7, 11) is 0. The van der Waals surface area contributed by atoms with Crippen molar-refractivity contribution in [1.82, 2.24) is 9.38 Å². The quantitative estimate of drug-likeness (QED) is 0.840. The highest BCUT2D eigenvalue weighted by Gasteiger charge is 2.17. The molecule has 3 heterocycles. The number of nitrogens with zero attached hydrogens (tertiary/aromatic N) is 4. The third-order valence-corrected chi connectivity index (χ3v) is 3.30. The lowest BCUT2D eigenvalue weighted by Crippen LogP contribution is -2.33. The zero-order chi connectivity index (χ0) is 13.2. The van der Waals surface area contributed by atoms with Crippen LogP contribution in [0.25, 0.3) is 5.65 Å². The van der Waals surface area contributed by atoms with Crippen molar-refractivity contribution in [1.29, 1.82) is 0 Å². The molecular formula is C13H16N6. The van der Waals surface area contributed by atoms with Crippen molar-refractivity contribution in [3.63, 3.8) is 0 Å². The second-order valence-electron chi connectivity index (χ2n) is 4.67. The maximum absolute atomic E-state index is 5.87. The number of imidazole rings is 1. The molecule has 1 aliphatic rings. The molecular weight excluding hydrogens is 240 g/mol. The molecule has 6 heteroatoms. The number of amidine groups is 1. The van der Waals surface area contributed by atoms with Crippen molar-refractivity contribution in [2.45, 2.75) is 12.8 Å². The zero-order valence-electron chi connectivity index (χ0n) is 10.5. The van der Waals surface area contributed by atoms with E-state index < -0.39 is 0 Å². The summed E-state index contributed by atoms with van der Waals surface area (Å²) in [5.74, 6) is 1.02. The van der Waals surface area contributed by atoms with Crippen LogP contribution in [0, 0.1) is 5.92 Å². The second kappa shape index (κ2) is 4.72. The second-order valence-corrected chi connectivity index (χ2v) is 4.67. The molecule has 0 fully saturated rings. The fraction of sp³-hybridized carbons (Fsp3) is 0.308. The maximum Gasteiger partial charge on any atom is 0.217 e. The molecule has 1 unspecified atom stereocenters. The lowest BCUT2D eigenvalue weighted by Gasteiger charge is -2.17. The molecule has 0 saturated carbocycles. The van der Waals surface area contributed by atoms with E-state index in [1.807, 2.05) is 35.0 Å². The third kappa shape index (κ3) is 2.42. The summed E-state index contributed by atoms with van der Waals surface area (Å²) < 4.78 is 2.02. The Bertz CT molecular complexity index is 621. The maximum atomic E-state index is 5.87. The lowest BCUT2D eigenvalue weighted by atomic mass is 10.0. The van der Waals surface area contributed by atoms with Crippen LogP contribution in [0.15, 0.2) is 40.6 Å². The van der Waals surface area contributed by atoms with Crippen molar-refractivity contribution in [3.8, 4) is 0 Å². The molecule has 3 rings (SSSR count). The minimum Gasteiger partial charge on any atom is -0.387 e. The molecule has 6 nitrogen and oxygen atoms in total. The number of aliphatic imine (C=N–C) groups is 2. The average molecular weight is 256 g/mol. The van der Waals surface area contributed by atoms with Crippen LogP contribution in [-0.2, 0) is 6.42 Å². The van der Waals surface area contributed by atoms with E-state index in [0.29, 0.717) is 12.4 Å². The third-order valence-electron chi connectivity index (χ3n) is 3.30. The first-order chi connectivity index (χ1) is 9.22. The first kappa shape index (κ1) is 11.7. The van der Waals surface area contributed by atoms with Crippen LogP contribution < -0.4 is 11.5 Å². The van der Waals surface area contributed by atoms with Crippen LogP contribution in [-0.4, -0.2) is 27.7 Å². The monoisotopic (exact) mass is 256 g/mol. The van der Waals surface area contributed by atoms with Crippen LogP contribution in [0.3, 0.4) is 0 Å². The molecule has 0 bridgehead atoms. The minimum atomic E-state index is 0.164. The van der Waals surface area contributed by atoms with Crippen LogP contribution in [0.4, 0.5) is 0 Å². The van der Waals surface area contributed by atoms with Crippen molar-refractivity contribution in [3.05, 3.63) is 36.3 Å². The van der Waals surface area contributed by atoms with Gasteiger partial charge < -0.3 is 15.9 Å². The van der Waals surface area contributed by atoms with Gasteiger partial charge in [0.25, 0.3) is 0 Å². The van der Waals surface area contributed by atoms with E-state index >= 15 is 0 Å². The molecule has 1 aliphatic heterocycles. The van der Waals surface area contributed by atoms with Gasteiger partial charge in [0.2, 0.25) is 5.96 Å². The number of hydrogen-bond acceptors (Lipinski definition) is 5. The van der Waals surface area contributed by atoms with E-state index in [-0.39, 0.29) is 11.9 Å². The Balaban J connectivity index is 1.68. The molecule has 4 N–H and O–H groups in total. The predicted octanol–water partition coefficient (Wildman–Crippen LogP) is 0.569. The normalized spacial score (nSPS) is 19.3. The number of aryl methyl sites for hydroxylation is 1. The van der Waals surface area contributed by atoms with Gasteiger partial charge >= 0.3 is 0 Å². The Kier molecular flexibility index (Phi) is 2.91. The molecule has 2 aromatic heterocycles. The summed E-state index contributed by atoms with van der Waals surface area (Å²) in [6, 6.07) is 5.96. The summed E-state index contributed by atoms with van der Waals surface area (Å²) >= 11 is 0. The lowest BCUT2D eigenvalue weighted by molar-refractivity contribution is 0.619. The van der Waals surface area contributed by atoms with Gasteiger partial charge in [0.05, 0.1) is 12.2 Å². The van der Waals surface area contributed by atoms with Gasteiger partial charge in [0, 0.05) is 18.3 Å². The van der Waals surface area contributed by atoms with Gasteiger partial charge in [-0.3, -0.25) is 4.99 Å². The van der Waals surface area contributed by atoms with Crippen molar-refractivity contribution in [2.24, 2.45) is 27.4 Å². The highest BCUT2D eigenvalue weighted by molar-refractivity contribution is 5.97. The number of pyridine rings is 1. The summed E-state index contributed by atoms with van der Waals surface area (Å²) in [4.78, 5) is 12.7. The molecule has 19 heavy (non-hydrogen) atoms. The van der Waals surface area contributed by atoms with Gasteiger partial charge in [-0.05, 0) is 25.0 Å². The van der Waals surface area contributed by atoms with Crippen molar-refractivity contribution in [2.75, 3.05) is 6.54 Å². The average Bonchev–Trinajstić information content (AvgIpc) is 2.80. The van der Waals surface area contributed by atoms with E-state index in [0.717, 1.165) is 24.2 Å². The topological polar surface area (TPSA) is 94.1 Å². The summed E-state index contributed by atoms with van der Waals surface area (Å²) in [5, 5.41) is 0. The van der Waals surface area contributed by atoms with Gasteiger partial charge in [-0.2, -0.15) is 0 Å². The standard InChI is InChI=1S/C13H16N6/c14-12-9(7-16-13(15)18-12)4-5-10-8-19-6-2-1-3-11(19)17-10/h1-3,6,8-9H,4-5,7H2,(H4,14,15,16,18). The molecule has 0 spiro atoms. The number of nitrogens with two attached hydrogens (primary N) is 2. The Labute approximate surface area is 110 Å². The van der Waals surface area contributed by atoms with Gasteiger partial charge in [-0.1, -0.05) is 6.07 Å². The van der Waals surface area contributed by atoms with Gasteiger partial charge in [0.1, 0.15) is 11.5 Å². The van der Waals surface area contributed by atoms with E-state index in [1.165, 1.54) is 0 Å². The first-order valence-corrected chi connectivity index (χ1v) is 6.29. The van der Waals surface area contributed by atoms with E-state index in [4.69, 9.17) is 11.5 Å². The molecule has 0 amide bonds. The molecule has 0 aliphatic carbocycles. The Morgan fingerprint density at radius 3 is 3.00 bits per heavy atom. The molecule has 0 radical (unpaired) electrons. The zero-order valence-corrected chi connectivity index (χ0v) is 10.5. The Morgan fingerprint density at radius 1 is 1.32 bits per heavy atom. The fourth-order valence-corrected chi connectivity index (χ4v) is 2.23. The Hall–Kier alpha value is -2.37. The number of guanidine groups is 1. The first-order valence-electron chi connectivity index (χ1n) is 6.29. The van der Waals surface area contributed by atoms with Crippen molar-refractivity contribution < 1.29 is 0 Å². The highest BCUT2D eigenvalue weighted by Crippen LogP contribution is 2.13. The SMILES string of the molecule is NC1=NCC(CCc2cn3ccccc3n2)C(N)=N1. The van der Waals surface area contributed by atoms with Crippen LogP contribution in [0.2, 0.25) is 0 Å². The number of fused-ring (bicyclic) bond motifs is 1. The summed E-state index contributed by atoms with van der Waals surface area (Å²) in [6.45, 7) is 0.620. The largest absolute Gasteiger partial charge is 0.387 e.